The van der Waals surface area contributed by atoms with Gasteiger partial charge in [0.05, 0.1) is 4.92 Å². The van der Waals surface area contributed by atoms with E-state index in [2.05, 4.69) is 15.9 Å². The van der Waals surface area contributed by atoms with Gasteiger partial charge < -0.3 is 15.6 Å². The number of carboxylic acid groups (broad SMARTS) is 1. The lowest BCUT2D eigenvalue weighted by Gasteiger charge is -2.20. The van der Waals surface area contributed by atoms with Crippen LogP contribution >= 0.6 is 15.9 Å². The first-order valence-electron chi connectivity index (χ1n) is 5.25. The highest BCUT2D eigenvalue weighted by Crippen LogP contribution is 2.34. The number of halogens is 1. The summed E-state index contributed by atoms with van der Waals surface area (Å²) in [6.45, 7) is 2.53. The summed E-state index contributed by atoms with van der Waals surface area (Å²) >= 11 is 3.15. The summed E-state index contributed by atoms with van der Waals surface area (Å²) in [5, 5.41) is 19.8. The van der Waals surface area contributed by atoms with E-state index in [-0.39, 0.29) is 18.0 Å². The van der Waals surface area contributed by atoms with Gasteiger partial charge in [-0.15, -0.1) is 0 Å². The maximum absolute atomic E-state index is 10.9. The predicted octanol–water partition coefficient (Wildman–Crippen LogP) is 1.85. The molecule has 19 heavy (non-hydrogen) atoms. The number of hydrogen-bond acceptors (Lipinski definition) is 5. The number of ether oxygens (including phenoxy) is 1. The van der Waals surface area contributed by atoms with Gasteiger partial charge in [-0.3, -0.25) is 14.9 Å². The molecule has 0 amide bonds. The number of carboxylic acids is 1. The average molecular weight is 333 g/mol. The van der Waals surface area contributed by atoms with Crippen molar-refractivity contribution in [3.63, 3.8) is 0 Å². The highest BCUT2D eigenvalue weighted by molar-refractivity contribution is 9.10. The highest BCUT2D eigenvalue weighted by Gasteiger charge is 2.30. The van der Waals surface area contributed by atoms with E-state index in [4.69, 9.17) is 15.6 Å². The molecule has 3 N–H and O–H groups in total. The summed E-state index contributed by atoms with van der Waals surface area (Å²) in [5.41, 5.74) is 4.17. The van der Waals surface area contributed by atoms with Crippen LogP contribution in [0.3, 0.4) is 0 Å². The Morgan fingerprint density at radius 3 is 2.68 bits per heavy atom. The van der Waals surface area contributed by atoms with Crippen LogP contribution in [0.4, 0.5) is 5.69 Å². The molecule has 7 nitrogen and oxygen atoms in total. The van der Waals surface area contributed by atoms with Gasteiger partial charge >= 0.3 is 11.7 Å². The van der Waals surface area contributed by atoms with Gasteiger partial charge in [0.2, 0.25) is 0 Å². The van der Waals surface area contributed by atoms with Crippen molar-refractivity contribution >= 4 is 27.6 Å². The number of aliphatic carboxylic acids is 1. The Hall–Kier alpha value is -1.67. The van der Waals surface area contributed by atoms with Crippen molar-refractivity contribution in [3.8, 4) is 5.75 Å². The fourth-order valence-electron chi connectivity index (χ4n) is 1.32. The molecule has 1 rings (SSSR count). The number of nitrogens with two attached hydrogens (primary N) is 1. The molecule has 0 radical (unpaired) electrons. The molecule has 1 atom stereocenters. The number of nitro groups is 1. The second kappa shape index (κ2) is 5.54. The van der Waals surface area contributed by atoms with E-state index in [9.17, 15) is 14.9 Å². The fraction of sp³-hybridized carbons (Fsp3) is 0.364. The Kier molecular flexibility index (Phi) is 4.48. The van der Waals surface area contributed by atoms with Gasteiger partial charge in [0.25, 0.3) is 0 Å². The monoisotopic (exact) mass is 332 g/mol. The Labute approximate surface area is 117 Å². The minimum absolute atomic E-state index is 0.0196. The Balaban J connectivity index is 3.08. The number of carbonyl (C=O) groups is 1. The lowest BCUT2D eigenvalue weighted by molar-refractivity contribution is -0.386. The van der Waals surface area contributed by atoms with Crippen LogP contribution in [-0.2, 0) is 4.79 Å². The molecule has 1 unspecified atom stereocenters. The van der Waals surface area contributed by atoms with Gasteiger partial charge in [0.1, 0.15) is 12.1 Å². The third-order valence-corrected chi connectivity index (χ3v) is 2.88. The van der Waals surface area contributed by atoms with Crippen LogP contribution in [0.1, 0.15) is 12.5 Å². The van der Waals surface area contributed by atoms with Crippen LogP contribution in [0.15, 0.2) is 16.6 Å². The first-order chi connectivity index (χ1) is 8.65. The third kappa shape index (κ3) is 3.65. The fourth-order valence-corrected chi connectivity index (χ4v) is 1.88. The number of benzene rings is 1. The minimum atomic E-state index is -1.62. The maximum Gasteiger partial charge on any atom is 0.326 e. The second-order valence-electron chi connectivity index (χ2n) is 4.34. The van der Waals surface area contributed by atoms with Gasteiger partial charge in [0.15, 0.2) is 5.75 Å². The SMILES string of the molecule is Cc1cc(Br)cc([N+](=O)[O-])c1OCC(C)(N)C(=O)O. The van der Waals surface area contributed by atoms with Crippen molar-refractivity contribution in [2.24, 2.45) is 5.73 Å². The molecule has 0 bridgehead atoms. The standard InChI is InChI=1S/C11H13BrN2O5/c1-6-3-7(12)4-8(14(17)18)9(6)19-5-11(2,13)10(15)16/h3-4H,5,13H2,1-2H3,(H,15,16). The zero-order valence-electron chi connectivity index (χ0n) is 10.3. The first kappa shape index (κ1) is 15.4. The number of rotatable bonds is 5. The van der Waals surface area contributed by atoms with Gasteiger partial charge in [-0.2, -0.15) is 0 Å². The molecule has 1 aromatic rings. The van der Waals surface area contributed by atoms with E-state index in [1.165, 1.54) is 13.0 Å². The smallest absolute Gasteiger partial charge is 0.326 e. The molecule has 0 saturated heterocycles. The Morgan fingerprint density at radius 2 is 2.21 bits per heavy atom. The summed E-state index contributed by atoms with van der Waals surface area (Å²) < 4.78 is 5.78. The quantitative estimate of drug-likeness (QED) is 0.627. The third-order valence-electron chi connectivity index (χ3n) is 2.42. The van der Waals surface area contributed by atoms with E-state index in [0.29, 0.717) is 10.0 Å². The van der Waals surface area contributed by atoms with E-state index in [1.807, 2.05) is 0 Å². The molecule has 0 heterocycles. The van der Waals surface area contributed by atoms with E-state index >= 15 is 0 Å². The first-order valence-corrected chi connectivity index (χ1v) is 6.04. The zero-order chi connectivity index (χ0) is 14.8. The molecule has 0 aromatic heterocycles. The molecular weight excluding hydrogens is 320 g/mol. The normalized spacial score (nSPS) is 13.7. The van der Waals surface area contributed by atoms with Gasteiger partial charge in [-0.25, -0.2) is 0 Å². The van der Waals surface area contributed by atoms with E-state index in [0.717, 1.165) is 0 Å². The van der Waals surface area contributed by atoms with Crippen LogP contribution < -0.4 is 10.5 Å². The molecule has 0 aliphatic rings. The highest BCUT2D eigenvalue weighted by atomic mass is 79.9. The molecule has 104 valence electrons. The van der Waals surface area contributed by atoms with Crippen LogP contribution in [0, 0.1) is 17.0 Å². The number of nitrogens with zero attached hydrogens (tertiary/aromatic N) is 1. The lowest BCUT2D eigenvalue weighted by Crippen LogP contribution is -2.50. The molecule has 0 aliphatic heterocycles. The Morgan fingerprint density at radius 1 is 1.63 bits per heavy atom. The molecule has 1 aromatic carbocycles. The summed E-state index contributed by atoms with van der Waals surface area (Å²) in [5.74, 6) is -1.23. The van der Waals surface area contributed by atoms with E-state index in [1.54, 1.807) is 13.0 Å². The van der Waals surface area contributed by atoms with Crippen molar-refractivity contribution in [1.82, 2.24) is 0 Å². The molecule has 0 fully saturated rings. The van der Waals surface area contributed by atoms with Crippen molar-refractivity contribution in [2.75, 3.05) is 6.61 Å². The molecule has 8 heteroatoms. The van der Waals surface area contributed by atoms with Crippen molar-refractivity contribution in [2.45, 2.75) is 19.4 Å². The van der Waals surface area contributed by atoms with Crippen molar-refractivity contribution in [1.29, 1.82) is 0 Å². The maximum atomic E-state index is 10.9. The van der Waals surface area contributed by atoms with Crippen molar-refractivity contribution in [3.05, 3.63) is 32.3 Å². The number of nitro benzene ring substituents is 1. The van der Waals surface area contributed by atoms with Crippen LogP contribution in [0.2, 0.25) is 0 Å². The average Bonchev–Trinajstić information content (AvgIpc) is 2.26. The number of aryl methyl sites for hydroxylation is 1. The summed E-state index contributed by atoms with van der Waals surface area (Å²) in [6, 6.07) is 2.92. The molecule has 0 aliphatic carbocycles. The van der Waals surface area contributed by atoms with Crippen LogP contribution in [0.25, 0.3) is 0 Å². The summed E-state index contributed by atoms with van der Waals surface area (Å²) in [4.78, 5) is 21.2. The van der Waals surface area contributed by atoms with Gasteiger partial charge in [0, 0.05) is 10.5 Å². The molecular formula is C11H13BrN2O5. The number of hydrogen-bond donors (Lipinski definition) is 2. The topological polar surface area (TPSA) is 116 Å². The molecule has 0 saturated carbocycles. The van der Waals surface area contributed by atoms with Crippen LogP contribution in [-0.4, -0.2) is 28.1 Å². The second-order valence-corrected chi connectivity index (χ2v) is 5.26. The van der Waals surface area contributed by atoms with E-state index < -0.39 is 16.4 Å². The summed E-state index contributed by atoms with van der Waals surface area (Å²) in [6.07, 6.45) is 0. The Bertz CT molecular complexity index is 530. The largest absolute Gasteiger partial charge is 0.484 e. The predicted molar refractivity (Wildman–Crippen MR) is 71.3 cm³/mol. The zero-order valence-corrected chi connectivity index (χ0v) is 11.9. The summed E-state index contributed by atoms with van der Waals surface area (Å²) in [7, 11) is 0. The van der Waals surface area contributed by atoms with Crippen LogP contribution in [0.5, 0.6) is 5.75 Å². The van der Waals surface area contributed by atoms with Gasteiger partial charge in [-0.1, -0.05) is 15.9 Å². The molecule has 0 spiro atoms. The minimum Gasteiger partial charge on any atom is -0.484 e. The van der Waals surface area contributed by atoms with Crippen molar-refractivity contribution < 1.29 is 19.6 Å². The lowest BCUT2D eigenvalue weighted by atomic mass is 10.1. The van der Waals surface area contributed by atoms with Gasteiger partial charge in [-0.05, 0) is 25.5 Å².